The van der Waals surface area contributed by atoms with Crippen molar-refractivity contribution in [2.24, 2.45) is 0 Å². The van der Waals surface area contributed by atoms with E-state index in [4.69, 9.17) is 25.3 Å². The Kier molecular flexibility index (Phi) is 5.57. The average Bonchev–Trinajstić information content (AvgIpc) is 3.45. The van der Waals surface area contributed by atoms with Crippen LogP contribution in [0.2, 0.25) is 5.02 Å². The maximum atomic E-state index is 13.8. The molecule has 184 valence electrons. The lowest BCUT2D eigenvalue weighted by atomic mass is 9.98. The van der Waals surface area contributed by atoms with Crippen molar-refractivity contribution in [3.05, 3.63) is 122 Å². The minimum absolute atomic E-state index is 0.00519. The Morgan fingerprint density at radius 3 is 2.62 bits per heavy atom. The van der Waals surface area contributed by atoms with E-state index in [2.05, 4.69) is 5.16 Å². The summed E-state index contributed by atoms with van der Waals surface area (Å²) < 4.78 is 17.3. The molecule has 5 aromatic rings. The monoisotopic (exact) mass is 512 g/mol. The van der Waals surface area contributed by atoms with Crippen molar-refractivity contribution >= 4 is 34.3 Å². The van der Waals surface area contributed by atoms with Gasteiger partial charge < -0.3 is 13.7 Å². The molecule has 6 rings (SSSR count). The molecule has 2 aromatic heterocycles. The van der Waals surface area contributed by atoms with Gasteiger partial charge in [0.25, 0.3) is 5.91 Å². The number of hydrogen-bond donors (Lipinski definition) is 0. The van der Waals surface area contributed by atoms with Gasteiger partial charge in [0.1, 0.15) is 23.7 Å². The zero-order valence-electron chi connectivity index (χ0n) is 20.0. The highest BCUT2D eigenvalue weighted by Gasteiger charge is 2.45. The first-order chi connectivity index (χ1) is 17.9. The van der Waals surface area contributed by atoms with Crippen LogP contribution in [-0.2, 0) is 6.61 Å². The normalized spacial score (nSPS) is 14.8. The number of fused-ring (bicyclic) bond motifs is 2. The van der Waals surface area contributed by atoms with Crippen LogP contribution in [0.1, 0.15) is 44.6 Å². The fraction of sp³-hybridized carbons (Fsp3) is 0.138. The molecule has 0 fully saturated rings. The first-order valence-corrected chi connectivity index (χ1v) is 12.1. The van der Waals surface area contributed by atoms with Gasteiger partial charge in [-0.25, -0.2) is 0 Å². The number of benzene rings is 3. The van der Waals surface area contributed by atoms with Gasteiger partial charge in [0.05, 0.1) is 17.0 Å². The highest BCUT2D eigenvalue weighted by atomic mass is 35.5. The molecule has 0 bridgehead atoms. The highest BCUT2D eigenvalue weighted by Crippen LogP contribution is 2.41. The van der Waals surface area contributed by atoms with E-state index in [9.17, 15) is 9.59 Å². The van der Waals surface area contributed by atoms with Gasteiger partial charge in [-0.2, -0.15) is 0 Å². The molecule has 8 heteroatoms. The molecule has 1 atom stereocenters. The second-order valence-corrected chi connectivity index (χ2v) is 9.41. The number of halogens is 1. The molecule has 1 aliphatic heterocycles. The number of hydrogen-bond acceptors (Lipinski definition) is 6. The second kappa shape index (κ2) is 8.94. The van der Waals surface area contributed by atoms with Gasteiger partial charge in [0.2, 0.25) is 5.76 Å². The molecule has 0 spiro atoms. The molecule has 0 radical (unpaired) electrons. The zero-order chi connectivity index (χ0) is 25.7. The van der Waals surface area contributed by atoms with Crippen molar-refractivity contribution in [2.75, 3.05) is 4.90 Å². The number of nitrogens with zero attached hydrogens (tertiary/aromatic N) is 2. The van der Waals surface area contributed by atoms with Crippen LogP contribution in [0.15, 0.2) is 86.5 Å². The van der Waals surface area contributed by atoms with E-state index in [1.54, 1.807) is 31.2 Å². The van der Waals surface area contributed by atoms with Crippen molar-refractivity contribution in [3.8, 4) is 5.75 Å². The second-order valence-electron chi connectivity index (χ2n) is 9.00. The molecular weight excluding hydrogens is 492 g/mol. The van der Waals surface area contributed by atoms with Crippen molar-refractivity contribution in [2.45, 2.75) is 26.5 Å². The molecule has 3 heterocycles. The van der Waals surface area contributed by atoms with Crippen molar-refractivity contribution in [1.29, 1.82) is 0 Å². The maximum Gasteiger partial charge on any atom is 0.296 e. The highest BCUT2D eigenvalue weighted by molar-refractivity contribution is 6.31. The summed E-state index contributed by atoms with van der Waals surface area (Å²) in [5.74, 6) is 0.926. The third-order valence-electron chi connectivity index (χ3n) is 6.41. The van der Waals surface area contributed by atoms with Crippen LogP contribution in [0.5, 0.6) is 5.75 Å². The van der Waals surface area contributed by atoms with Crippen LogP contribution in [-0.4, -0.2) is 11.1 Å². The largest absolute Gasteiger partial charge is 0.489 e. The number of aryl methyl sites for hydroxylation is 2. The number of ether oxygens (including phenoxy) is 1. The number of anilines is 1. The summed E-state index contributed by atoms with van der Waals surface area (Å²) in [7, 11) is 0. The first kappa shape index (κ1) is 23.1. The first-order valence-electron chi connectivity index (χ1n) is 11.7. The number of aromatic nitrogens is 1. The summed E-state index contributed by atoms with van der Waals surface area (Å²) in [6, 6.07) is 20.9. The van der Waals surface area contributed by atoms with Gasteiger partial charge in [-0.1, -0.05) is 58.7 Å². The van der Waals surface area contributed by atoms with Crippen LogP contribution in [0.25, 0.3) is 11.0 Å². The lowest BCUT2D eigenvalue weighted by Gasteiger charge is -2.23. The van der Waals surface area contributed by atoms with Crippen LogP contribution in [0.4, 0.5) is 5.82 Å². The topological polar surface area (TPSA) is 85.8 Å². The molecule has 3 aromatic carbocycles. The standard InChI is InChI=1S/C29H21ClN2O5/c1-16-10-11-23-21(12-16)27(33)25-26(32(29(34)28(25)36-23)24-13-17(2)37-31-24)18-7-5-8-20(14-18)35-15-19-6-3-4-9-22(19)30/h3-14,26H,15H2,1-2H3/t26-/m0/s1. The summed E-state index contributed by atoms with van der Waals surface area (Å²) in [5, 5.41) is 5.10. The van der Waals surface area contributed by atoms with Crippen LogP contribution >= 0.6 is 11.6 Å². The Labute approximate surface area is 216 Å². The molecule has 37 heavy (non-hydrogen) atoms. The Morgan fingerprint density at radius 1 is 1.00 bits per heavy atom. The summed E-state index contributed by atoms with van der Waals surface area (Å²) >= 11 is 6.28. The summed E-state index contributed by atoms with van der Waals surface area (Å²) in [6.45, 7) is 3.91. The minimum Gasteiger partial charge on any atom is -0.489 e. The van der Waals surface area contributed by atoms with Crippen LogP contribution in [0.3, 0.4) is 0 Å². The van der Waals surface area contributed by atoms with E-state index < -0.39 is 11.9 Å². The summed E-state index contributed by atoms with van der Waals surface area (Å²) in [6.07, 6.45) is 0. The summed E-state index contributed by atoms with van der Waals surface area (Å²) in [4.78, 5) is 28.9. The van der Waals surface area contributed by atoms with Gasteiger partial charge >= 0.3 is 0 Å². The SMILES string of the molecule is Cc1ccc2oc3c(c(=O)c2c1)[C@H](c1cccc(OCc2ccccc2Cl)c1)N(c1cc(C)on1)C3=O. The van der Waals surface area contributed by atoms with E-state index in [1.807, 2.05) is 55.5 Å². The predicted octanol–water partition coefficient (Wildman–Crippen LogP) is 6.38. The summed E-state index contributed by atoms with van der Waals surface area (Å²) in [5.41, 5.74) is 2.79. The number of carbonyl (C=O) groups excluding carboxylic acids is 1. The lowest BCUT2D eigenvalue weighted by molar-refractivity contribution is 0.0969. The number of amides is 1. The van der Waals surface area contributed by atoms with E-state index in [-0.39, 0.29) is 23.4 Å². The Balaban J connectivity index is 1.48. The maximum absolute atomic E-state index is 13.8. The van der Waals surface area contributed by atoms with Crippen LogP contribution < -0.4 is 15.1 Å². The quantitative estimate of drug-likeness (QED) is 0.271. The fourth-order valence-corrected chi connectivity index (χ4v) is 4.85. The Bertz CT molecular complexity index is 1740. The van der Waals surface area contributed by atoms with Crippen molar-refractivity contribution < 1.29 is 18.5 Å². The van der Waals surface area contributed by atoms with E-state index in [0.717, 1.165) is 11.1 Å². The van der Waals surface area contributed by atoms with Gasteiger partial charge in [-0.15, -0.1) is 0 Å². The van der Waals surface area contributed by atoms with E-state index in [1.165, 1.54) is 4.90 Å². The molecule has 7 nitrogen and oxygen atoms in total. The molecule has 1 amide bonds. The van der Waals surface area contributed by atoms with Gasteiger partial charge in [-0.3, -0.25) is 14.5 Å². The minimum atomic E-state index is -0.781. The van der Waals surface area contributed by atoms with E-state index >= 15 is 0 Å². The number of carbonyl (C=O) groups is 1. The molecule has 0 saturated carbocycles. The third kappa shape index (κ3) is 3.97. The van der Waals surface area contributed by atoms with E-state index in [0.29, 0.717) is 38.9 Å². The Hall–Kier alpha value is -4.36. The predicted molar refractivity (Wildman–Crippen MR) is 139 cm³/mol. The van der Waals surface area contributed by atoms with Gasteiger partial charge in [0, 0.05) is 16.7 Å². The molecule has 0 aliphatic carbocycles. The smallest absolute Gasteiger partial charge is 0.296 e. The molecular formula is C29H21ClN2O5. The van der Waals surface area contributed by atoms with Crippen LogP contribution in [0, 0.1) is 13.8 Å². The fourth-order valence-electron chi connectivity index (χ4n) is 4.66. The third-order valence-corrected chi connectivity index (χ3v) is 6.78. The average molecular weight is 513 g/mol. The Morgan fingerprint density at radius 2 is 1.84 bits per heavy atom. The molecule has 0 saturated heterocycles. The van der Waals surface area contributed by atoms with Gasteiger partial charge in [-0.05, 0) is 49.7 Å². The lowest BCUT2D eigenvalue weighted by Crippen LogP contribution is -2.29. The van der Waals surface area contributed by atoms with Crippen molar-refractivity contribution in [3.63, 3.8) is 0 Å². The van der Waals surface area contributed by atoms with Crippen molar-refractivity contribution in [1.82, 2.24) is 5.16 Å². The molecule has 0 unspecified atom stereocenters. The molecule has 0 N–H and O–H groups in total. The number of rotatable bonds is 5. The molecule has 1 aliphatic rings. The van der Waals surface area contributed by atoms with Gasteiger partial charge in [0.15, 0.2) is 11.2 Å². The zero-order valence-corrected chi connectivity index (χ0v) is 20.8.